The molecule has 0 spiro atoms. The summed E-state index contributed by atoms with van der Waals surface area (Å²) in [4.78, 5) is 4.36. The Morgan fingerprint density at radius 3 is 2.95 bits per heavy atom. The third kappa shape index (κ3) is 2.10. The summed E-state index contributed by atoms with van der Waals surface area (Å²) in [6.45, 7) is 5.16. The molecular weight excluding hydrogens is 250 g/mol. The van der Waals surface area contributed by atoms with E-state index in [0.717, 1.165) is 24.5 Å². The molecule has 1 aliphatic rings. The van der Waals surface area contributed by atoms with Crippen LogP contribution < -0.4 is 10.1 Å². The second-order valence-electron chi connectivity index (χ2n) is 5.25. The number of likely N-dealkylation sites (N-methyl/N-ethyl adjacent to an activating group) is 1. The zero-order valence-corrected chi connectivity index (χ0v) is 12.3. The van der Waals surface area contributed by atoms with Crippen molar-refractivity contribution in [2.24, 2.45) is 0 Å². The summed E-state index contributed by atoms with van der Waals surface area (Å²) in [6, 6.07) is 7.10. The van der Waals surface area contributed by atoms with E-state index in [1.807, 2.05) is 12.3 Å². The topological polar surface area (TPSA) is 39.1 Å². The molecule has 1 N–H and O–H groups in total. The van der Waals surface area contributed by atoms with Crippen molar-refractivity contribution in [2.75, 3.05) is 13.7 Å². The fourth-order valence-corrected chi connectivity index (χ4v) is 3.19. The number of imidazole rings is 1. The monoisotopic (exact) mass is 271 g/mol. The number of methoxy groups -OCH3 is 1. The fraction of sp³-hybridized carbons (Fsp3) is 0.438. The maximum atomic E-state index is 5.37. The van der Waals surface area contributed by atoms with Gasteiger partial charge >= 0.3 is 0 Å². The highest BCUT2D eigenvalue weighted by molar-refractivity contribution is 5.42. The number of ether oxygens (including phenoxy) is 1. The molecule has 2 atom stereocenters. The lowest BCUT2D eigenvalue weighted by Gasteiger charge is -2.23. The average Bonchev–Trinajstić information content (AvgIpc) is 3.03. The van der Waals surface area contributed by atoms with Crippen LogP contribution in [0.5, 0.6) is 5.75 Å². The van der Waals surface area contributed by atoms with Gasteiger partial charge in [-0.2, -0.15) is 0 Å². The minimum atomic E-state index is 0.318. The lowest BCUT2D eigenvalue weighted by molar-refractivity contribution is 0.379. The normalized spacial score (nSPS) is 20.9. The fourth-order valence-electron chi connectivity index (χ4n) is 3.19. The SMILES string of the molecule is CCNC1c2cc(OC)ccc2CC1n1ccnc1C. The number of aromatic nitrogens is 2. The quantitative estimate of drug-likeness (QED) is 0.929. The smallest absolute Gasteiger partial charge is 0.119 e. The van der Waals surface area contributed by atoms with Gasteiger partial charge in [0.2, 0.25) is 0 Å². The molecule has 0 radical (unpaired) electrons. The van der Waals surface area contributed by atoms with Crippen LogP contribution in [-0.2, 0) is 6.42 Å². The van der Waals surface area contributed by atoms with Crippen molar-refractivity contribution >= 4 is 0 Å². The number of aryl methyl sites for hydroxylation is 1. The van der Waals surface area contributed by atoms with Gasteiger partial charge in [-0.15, -0.1) is 0 Å². The highest BCUT2D eigenvalue weighted by Crippen LogP contribution is 2.41. The van der Waals surface area contributed by atoms with Crippen molar-refractivity contribution in [1.29, 1.82) is 0 Å². The molecule has 106 valence electrons. The third-order valence-corrected chi connectivity index (χ3v) is 4.15. The van der Waals surface area contributed by atoms with Crippen LogP contribution in [-0.4, -0.2) is 23.2 Å². The Morgan fingerprint density at radius 1 is 1.45 bits per heavy atom. The van der Waals surface area contributed by atoms with E-state index in [1.54, 1.807) is 7.11 Å². The summed E-state index contributed by atoms with van der Waals surface area (Å²) in [7, 11) is 1.72. The number of rotatable bonds is 4. The van der Waals surface area contributed by atoms with Crippen LogP contribution in [0.15, 0.2) is 30.6 Å². The molecule has 0 saturated carbocycles. The minimum absolute atomic E-state index is 0.318. The number of nitrogens with one attached hydrogen (secondary N) is 1. The summed E-state index contributed by atoms with van der Waals surface area (Å²) in [5.41, 5.74) is 2.75. The van der Waals surface area contributed by atoms with E-state index in [2.05, 4.69) is 47.0 Å². The van der Waals surface area contributed by atoms with Gasteiger partial charge in [0, 0.05) is 12.4 Å². The van der Waals surface area contributed by atoms with Gasteiger partial charge in [-0.25, -0.2) is 4.98 Å². The summed E-state index contributed by atoms with van der Waals surface area (Å²) in [5.74, 6) is 1.99. The zero-order chi connectivity index (χ0) is 14.1. The highest BCUT2D eigenvalue weighted by Gasteiger charge is 2.33. The second-order valence-corrected chi connectivity index (χ2v) is 5.25. The molecule has 1 aromatic carbocycles. The molecule has 1 heterocycles. The Bertz CT molecular complexity index is 606. The molecule has 1 aliphatic carbocycles. The molecule has 4 heteroatoms. The van der Waals surface area contributed by atoms with Crippen LogP contribution in [0, 0.1) is 6.92 Å². The van der Waals surface area contributed by atoms with E-state index in [0.29, 0.717) is 12.1 Å². The Kier molecular flexibility index (Phi) is 3.49. The van der Waals surface area contributed by atoms with Crippen LogP contribution in [0.4, 0.5) is 0 Å². The predicted octanol–water partition coefficient (Wildman–Crippen LogP) is 2.65. The molecule has 0 bridgehead atoms. The van der Waals surface area contributed by atoms with E-state index >= 15 is 0 Å². The van der Waals surface area contributed by atoms with Crippen LogP contribution in [0.1, 0.15) is 36.0 Å². The average molecular weight is 271 g/mol. The van der Waals surface area contributed by atoms with E-state index in [-0.39, 0.29) is 0 Å². The summed E-state index contributed by atoms with van der Waals surface area (Å²) < 4.78 is 7.65. The Balaban J connectivity index is 2.01. The summed E-state index contributed by atoms with van der Waals surface area (Å²) in [6.07, 6.45) is 4.99. The largest absolute Gasteiger partial charge is 0.497 e. The first-order valence-electron chi connectivity index (χ1n) is 7.14. The summed E-state index contributed by atoms with van der Waals surface area (Å²) >= 11 is 0. The van der Waals surface area contributed by atoms with Crippen LogP contribution in [0.3, 0.4) is 0 Å². The first kappa shape index (κ1) is 13.2. The predicted molar refractivity (Wildman–Crippen MR) is 79.1 cm³/mol. The first-order chi connectivity index (χ1) is 9.74. The van der Waals surface area contributed by atoms with E-state index < -0.39 is 0 Å². The van der Waals surface area contributed by atoms with Crippen molar-refractivity contribution in [3.63, 3.8) is 0 Å². The lowest BCUT2D eigenvalue weighted by atomic mass is 10.1. The van der Waals surface area contributed by atoms with Gasteiger partial charge in [0.1, 0.15) is 11.6 Å². The van der Waals surface area contributed by atoms with E-state index in [1.165, 1.54) is 11.1 Å². The molecule has 0 amide bonds. The molecule has 0 fully saturated rings. The van der Waals surface area contributed by atoms with Crippen molar-refractivity contribution in [1.82, 2.24) is 14.9 Å². The molecule has 2 unspecified atom stereocenters. The molecule has 3 rings (SSSR count). The van der Waals surface area contributed by atoms with E-state index in [4.69, 9.17) is 4.74 Å². The molecule has 0 saturated heterocycles. The number of fused-ring (bicyclic) bond motifs is 1. The molecule has 4 nitrogen and oxygen atoms in total. The number of benzene rings is 1. The Morgan fingerprint density at radius 2 is 2.30 bits per heavy atom. The molecular formula is C16H21N3O. The third-order valence-electron chi connectivity index (χ3n) is 4.15. The van der Waals surface area contributed by atoms with Gasteiger partial charge in [0.25, 0.3) is 0 Å². The Hall–Kier alpha value is -1.81. The number of hydrogen-bond acceptors (Lipinski definition) is 3. The highest BCUT2D eigenvalue weighted by atomic mass is 16.5. The van der Waals surface area contributed by atoms with Crippen LogP contribution in [0.25, 0.3) is 0 Å². The lowest BCUT2D eigenvalue weighted by Crippen LogP contribution is -2.27. The minimum Gasteiger partial charge on any atom is -0.497 e. The van der Waals surface area contributed by atoms with Gasteiger partial charge < -0.3 is 14.6 Å². The first-order valence-corrected chi connectivity index (χ1v) is 7.14. The van der Waals surface area contributed by atoms with E-state index in [9.17, 15) is 0 Å². The van der Waals surface area contributed by atoms with Crippen molar-refractivity contribution < 1.29 is 4.74 Å². The molecule has 0 aliphatic heterocycles. The van der Waals surface area contributed by atoms with Crippen molar-refractivity contribution in [3.05, 3.63) is 47.5 Å². The maximum Gasteiger partial charge on any atom is 0.119 e. The van der Waals surface area contributed by atoms with Gasteiger partial charge in [-0.05, 0) is 43.1 Å². The summed E-state index contributed by atoms with van der Waals surface area (Å²) in [5, 5.41) is 3.61. The molecule has 1 aromatic heterocycles. The van der Waals surface area contributed by atoms with Gasteiger partial charge in [-0.3, -0.25) is 0 Å². The van der Waals surface area contributed by atoms with Gasteiger partial charge in [-0.1, -0.05) is 13.0 Å². The van der Waals surface area contributed by atoms with Crippen molar-refractivity contribution in [2.45, 2.75) is 32.4 Å². The zero-order valence-electron chi connectivity index (χ0n) is 12.3. The second kappa shape index (κ2) is 5.29. The van der Waals surface area contributed by atoms with Gasteiger partial charge in [0.05, 0.1) is 19.2 Å². The standard InChI is InChI=1S/C16H21N3O/c1-4-17-16-14-10-13(20-3)6-5-12(14)9-15(16)19-8-7-18-11(19)2/h5-8,10,15-17H,4,9H2,1-3H3. The van der Waals surface area contributed by atoms with Gasteiger partial charge in [0.15, 0.2) is 0 Å². The van der Waals surface area contributed by atoms with Crippen LogP contribution >= 0.6 is 0 Å². The maximum absolute atomic E-state index is 5.37. The number of nitrogens with zero attached hydrogens (tertiary/aromatic N) is 2. The molecule has 2 aromatic rings. The molecule has 20 heavy (non-hydrogen) atoms. The number of hydrogen-bond donors (Lipinski definition) is 1. The van der Waals surface area contributed by atoms with Crippen LogP contribution in [0.2, 0.25) is 0 Å². The Labute approximate surface area is 119 Å². The van der Waals surface area contributed by atoms with Crippen molar-refractivity contribution in [3.8, 4) is 5.75 Å².